The molecular formula is C14H22N2. The maximum Gasteiger partial charge on any atom is 0.0373 e. The van der Waals surface area contributed by atoms with E-state index in [4.69, 9.17) is 5.73 Å². The molecule has 3 N–H and O–H groups in total. The van der Waals surface area contributed by atoms with Crippen LogP contribution in [0.2, 0.25) is 0 Å². The monoisotopic (exact) mass is 218 g/mol. The van der Waals surface area contributed by atoms with E-state index in [0.29, 0.717) is 6.04 Å². The van der Waals surface area contributed by atoms with Gasteiger partial charge in [0.25, 0.3) is 0 Å². The third kappa shape index (κ3) is 2.49. The lowest BCUT2D eigenvalue weighted by molar-refractivity contribution is 0.482. The molecule has 1 aromatic rings. The van der Waals surface area contributed by atoms with E-state index in [1.807, 2.05) is 12.1 Å². The highest BCUT2D eigenvalue weighted by Crippen LogP contribution is 2.30. The van der Waals surface area contributed by atoms with Gasteiger partial charge in [-0.2, -0.15) is 0 Å². The number of benzene rings is 1. The number of nitrogens with two attached hydrogens (primary N) is 1. The Bertz CT molecular complexity index is 354. The second kappa shape index (κ2) is 4.77. The highest BCUT2D eigenvalue weighted by molar-refractivity contribution is 5.57. The Balaban J connectivity index is 2.02. The lowest BCUT2D eigenvalue weighted by Gasteiger charge is -2.22. The second-order valence-corrected chi connectivity index (χ2v) is 5.05. The molecule has 0 radical (unpaired) electrons. The molecule has 0 aliphatic heterocycles. The topological polar surface area (TPSA) is 38.0 Å². The fourth-order valence-electron chi connectivity index (χ4n) is 2.67. The van der Waals surface area contributed by atoms with Crippen LogP contribution in [0.5, 0.6) is 0 Å². The highest BCUT2D eigenvalue weighted by atomic mass is 14.9. The summed E-state index contributed by atoms with van der Waals surface area (Å²) in [7, 11) is 0. The van der Waals surface area contributed by atoms with Gasteiger partial charge in [0, 0.05) is 17.4 Å². The van der Waals surface area contributed by atoms with E-state index in [9.17, 15) is 0 Å². The molecule has 1 aliphatic carbocycles. The summed E-state index contributed by atoms with van der Waals surface area (Å²) >= 11 is 0. The zero-order chi connectivity index (χ0) is 11.5. The maximum absolute atomic E-state index is 5.75. The van der Waals surface area contributed by atoms with Gasteiger partial charge in [-0.15, -0.1) is 0 Å². The first-order valence-corrected chi connectivity index (χ1v) is 6.29. The summed E-state index contributed by atoms with van der Waals surface area (Å²) in [5, 5.41) is 3.62. The zero-order valence-corrected chi connectivity index (χ0v) is 10.3. The molecule has 0 heterocycles. The van der Waals surface area contributed by atoms with Crippen molar-refractivity contribution < 1.29 is 0 Å². The van der Waals surface area contributed by atoms with E-state index in [2.05, 4.69) is 25.2 Å². The Morgan fingerprint density at radius 1 is 1.31 bits per heavy atom. The van der Waals surface area contributed by atoms with Crippen LogP contribution in [-0.4, -0.2) is 6.04 Å². The number of nitrogen functional groups attached to an aromatic ring is 1. The molecular weight excluding hydrogens is 196 g/mol. The van der Waals surface area contributed by atoms with Crippen molar-refractivity contribution >= 4 is 11.4 Å². The molecule has 1 aliphatic rings. The van der Waals surface area contributed by atoms with Crippen LogP contribution in [0.25, 0.3) is 0 Å². The van der Waals surface area contributed by atoms with Crippen LogP contribution in [0.1, 0.15) is 38.2 Å². The van der Waals surface area contributed by atoms with Crippen LogP contribution in [-0.2, 0) is 0 Å². The molecule has 2 heteroatoms. The van der Waals surface area contributed by atoms with Crippen molar-refractivity contribution in [3.05, 3.63) is 23.8 Å². The summed E-state index contributed by atoms with van der Waals surface area (Å²) in [6, 6.07) is 6.67. The van der Waals surface area contributed by atoms with Crippen molar-refractivity contribution in [1.82, 2.24) is 0 Å². The van der Waals surface area contributed by atoms with E-state index < -0.39 is 0 Å². The van der Waals surface area contributed by atoms with Crippen LogP contribution in [0.4, 0.5) is 11.4 Å². The molecule has 2 nitrogen and oxygen atoms in total. The molecule has 1 saturated carbocycles. The third-order valence-electron chi connectivity index (χ3n) is 3.74. The van der Waals surface area contributed by atoms with Crippen molar-refractivity contribution in [2.45, 2.75) is 45.6 Å². The van der Waals surface area contributed by atoms with Crippen LogP contribution in [0, 0.1) is 12.8 Å². The molecule has 88 valence electrons. The predicted molar refractivity (Wildman–Crippen MR) is 70.6 cm³/mol. The highest BCUT2D eigenvalue weighted by Gasteiger charge is 2.21. The molecule has 16 heavy (non-hydrogen) atoms. The Hall–Kier alpha value is -1.18. The Morgan fingerprint density at radius 2 is 2.00 bits per heavy atom. The zero-order valence-electron chi connectivity index (χ0n) is 10.3. The fourth-order valence-corrected chi connectivity index (χ4v) is 2.67. The van der Waals surface area contributed by atoms with Crippen LogP contribution >= 0.6 is 0 Å². The normalized spacial score (nSPS) is 18.6. The summed E-state index contributed by atoms with van der Waals surface area (Å²) in [6.45, 7) is 4.41. The van der Waals surface area contributed by atoms with Gasteiger partial charge in [-0.25, -0.2) is 0 Å². The Kier molecular flexibility index (Phi) is 3.37. The van der Waals surface area contributed by atoms with E-state index in [1.54, 1.807) is 0 Å². The molecule has 1 unspecified atom stereocenters. The molecule has 0 aromatic heterocycles. The SMILES string of the molecule is Cc1cc(N)ccc1NC(C)C1CCCC1. The minimum Gasteiger partial charge on any atom is -0.399 e. The van der Waals surface area contributed by atoms with Gasteiger partial charge in [0.05, 0.1) is 0 Å². The van der Waals surface area contributed by atoms with Crippen molar-refractivity contribution in [3.8, 4) is 0 Å². The molecule has 0 bridgehead atoms. The average molecular weight is 218 g/mol. The maximum atomic E-state index is 5.75. The van der Waals surface area contributed by atoms with E-state index in [1.165, 1.54) is 36.9 Å². The lowest BCUT2D eigenvalue weighted by atomic mass is 9.99. The molecule has 1 aromatic carbocycles. The van der Waals surface area contributed by atoms with Crippen LogP contribution in [0.15, 0.2) is 18.2 Å². The van der Waals surface area contributed by atoms with Gasteiger partial charge in [-0.05, 0) is 56.4 Å². The van der Waals surface area contributed by atoms with Crippen molar-refractivity contribution in [2.24, 2.45) is 5.92 Å². The van der Waals surface area contributed by atoms with E-state index in [0.717, 1.165) is 11.6 Å². The average Bonchev–Trinajstić information content (AvgIpc) is 2.75. The Labute approximate surface area is 98.2 Å². The Morgan fingerprint density at radius 3 is 2.62 bits per heavy atom. The summed E-state index contributed by atoms with van der Waals surface area (Å²) in [4.78, 5) is 0. The van der Waals surface area contributed by atoms with E-state index in [-0.39, 0.29) is 0 Å². The van der Waals surface area contributed by atoms with Crippen molar-refractivity contribution in [2.75, 3.05) is 11.1 Å². The lowest BCUT2D eigenvalue weighted by Crippen LogP contribution is -2.24. The number of hydrogen-bond acceptors (Lipinski definition) is 2. The first kappa shape index (κ1) is 11.3. The summed E-state index contributed by atoms with van der Waals surface area (Å²) in [6.07, 6.45) is 5.55. The molecule has 2 rings (SSSR count). The molecule has 0 saturated heterocycles. The van der Waals surface area contributed by atoms with Gasteiger partial charge >= 0.3 is 0 Å². The van der Waals surface area contributed by atoms with Crippen LogP contribution in [0.3, 0.4) is 0 Å². The van der Waals surface area contributed by atoms with Gasteiger partial charge in [-0.3, -0.25) is 0 Å². The second-order valence-electron chi connectivity index (χ2n) is 5.05. The van der Waals surface area contributed by atoms with Crippen LogP contribution < -0.4 is 11.1 Å². The molecule has 0 spiro atoms. The smallest absolute Gasteiger partial charge is 0.0373 e. The van der Waals surface area contributed by atoms with Gasteiger partial charge in [-0.1, -0.05) is 12.8 Å². The number of aryl methyl sites for hydroxylation is 1. The molecule has 1 atom stereocenters. The van der Waals surface area contributed by atoms with Gasteiger partial charge < -0.3 is 11.1 Å². The van der Waals surface area contributed by atoms with Crippen molar-refractivity contribution in [3.63, 3.8) is 0 Å². The summed E-state index contributed by atoms with van der Waals surface area (Å²) in [5.41, 5.74) is 9.07. The number of rotatable bonds is 3. The first-order valence-electron chi connectivity index (χ1n) is 6.29. The van der Waals surface area contributed by atoms with Gasteiger partial charge in [0.2, 0.25) is 0 Å². The van der Waals surface area contributed by atoms with Gasteiger partial charge in [0.15, 0.2) is 0 Å². The summed E-state index contributed by atoms with van der Waals surface area (Å²) in [5.74, 6) is 0.844. The number of nitrogens with one attached hydrogen (secondary N) is 1. The number of anilines is 2. The standard InChI is InChI=1S/C14H22N2/c1-10-9-13(15)7-8-14(10)16-11(2)12-5-3-4-6-12/h7-9,11-12,16H,3-6,15H2,1-2H3. The number of hydrogen-bond donors (Lipinski definition) is 2. The minimum absolute atomic E-state index is 0.574. The van der Waals surface area contributed by atoms with Crippen molar-refractivity contribution in [1.29, 1.82) is 0 Å². The molecule has 0 amide bonds. The first-order chi connectivity index (χ1) is 7.66. The fraction of sp³-hybridized carbons (Fsp3) is 0.571. The van der Waals surface area contributed by atoms with Gasteiger partial charge in [0.1, 0.15) is 0 Å². The predicted octanol–water partition coefficient (Wildman–Crippen LogP) is 3.57. The third-order valence-corrected chi connectivity index (χ3v) is 3.74. The minimum atomic E-state index is 0.574. The molecule has 1 fully saturated rings. The largest absolute Gasteiger partial charge is 0.399 e. The quantitative estimate of drug-likeness (QED) is 0.761. The summed E-state index contributed by atoms with van der Waals surface area (Å²) < 4.78 is 0. The van der Waals surface area contributed by atoms with E-state index >= 15 is 0 Å².